The highest BCUT2D eigenvalue weighted by Gasteiger charge is 2.34. The van der Waals surface area contributed by atoms with Crippen molar-refractivity contribution in [2.45, 2.75) is 0 Å². The van der Waals surface area contributed by atoms with Gasteiger partial charge in [0.15, 0.2) is 11.6 Å². The van der Waals surface area contributed by atoms with E-state index < -0.39 is 11.8 Å². The molecule has 1 aliphatic carbocycles. The molecule has 0 radical (unpaired) electrons. The van der Waals surface area contributed by atoms with Gasteiger partial charge in [0.25, 0.3) is 0 Å². The second kappa shape index (κ2) is 6.24. The molecule has 0 amide bonds. The maximum Gasteiger partial charge on any atom is 0.343 e. The smallest absolute Gasteiger partial charge is 0.343 e. The lowest BCUT2D eigenvalue weighted by Gasteiger charge is -2.20. The van der Waals surface area contributed by atoms with E-state index in [2.05, 4.69) is 0 Å². The summed E-state index contributed by atoms with van der Waals surface area (Å²) in [5.74, 6) is -1.35. The van der Waals surface area contributed by atoms with E-state index in [0.29, 0.717) is 11.1 Å². The zero-order chi connectivity index (χ0) is 18.3. The van der Waals surface area contributed by atoms with Gasteiger partial charge in [0, 0.05) is 11.1 Å². The van der Waals surface area contributed by atoms with Gasteiger partial charge in [-0.2, -0.15) is 0 Å². The quantitative estimate of drug-likeness (QED) is 0.393. The van der Waals surface area contributed by atoms with E-state index in [1.165, 1.54) is 12.1 Å². The summed E-state index contributed by atoms with van der Waals surface area (Å²) in [6, 6.07) is 17.8. The van der Waals surface area contributed by atoms with Crippen LogP contribution in [-0.4, -0.2) is 17.5 Å². The fourth-order valence-corrected chi connectivity index (χ4v) is 3.22. The number of carbonyl (C=O) groups excluding carboxylic acids is 3. The predicted molar refractivity (Wildman–Crippen MR) is 96.2 cm³/mol. The van der Waals surface area contributed by atoms with Crippen molar-refractivity contribution in [3.05, 3.63) is 99.6 Å². The van der Waals surface area contributed by atoms with Crippen LogP contribution in [0.1, 0.15) is 42.2 Å². The molecule has 0 aliphatic heterocycles. The molecule has 3 aromatic rings. The maximum absolute atomic E-state index is 12.9. The lowest BCUT2D eigenvalue weighted by atomic mass is 9.83. The molecule has 26 heavy (non-hydrogen) atoms. The lowest BCUT2D eigenvalue weighted by Crippen LogP contribution is -2.23. The summed E-state index contributed by atoms with van der Waals surface area (Å²) >= 11 is 6.18. The number of halogens is 1. The highest BCUT2D eigenvalue weighted by molar-refractivity contribution is 6.39. The Morgan fingerprint density at radius 2 is 1.31 bits per heavy atom. The molecule has 3 aromatic carbocycles. The van der Waals surface area contributed by atoms with Gasteiger partial charge in [0.2, 0.25) is 0 Å². The Hall–Kier alpha value is -3.24. The van der Waals surface area contributed by atoms with Gasteiger partial charge in [-0.05, 0) is 24.3 Å². The van der Waals surface area contributed by atoms with E-state index >= 15 is 0 Å². The van der Waals surface area contributed by atoms with Crippen LogP contribution in [0.4, 0.5) is 0 Å². The van der Waals surface area contributed by atoms with Crippen molar-refractivity contribution in [1.29, 1.82) is 0 Å². The van der Waals surface area contributed by atoms with Gasteiger partial charge in [0.05, 0.1) is 21.7 Å². The monoisotopic (exact) mass is 362 g/mol. The average molecular weight is 363 g/mol. The van der Waals surface area contributed by atoms with Crippen LogP contribution in [0.5, 0.6) is 5.75 Å². The standard InChI is InChI=1S/C21H11ClO4/c22-15-10-11-16(26-21(25)12-6-2-1-3-7-12)18-17(15)19(23)13-8-4-5-9-14(13)20(18)24/h1-11H. The number of esters is 1. The van der Waals surface area contributed by atoms with Crippen LogP contribution in [0.15, 0.2) is 66.7 Å². The van der Waals surface area contributed by atoms with Crippen molar-refractivity contribution in [3.8, 4) is 5.75 Å². The fraction of sp³-hybridized carbons (Fsp3) is 0. The molecular formula is C21H11ClO4. The van der Waals surface area contributed by atoms with Crippen molar-refractivity contribution in [2.75, 3.05) is 0 Å². The Labute approximate surface area is 154 Å². The third-order valence-electron chi connectivity index (χ3n) is 4.20. The molecule has 0 aromatic heterocycles. The number of hydrogen-bond acceptors (Lipinski definition) is 4. The molecule has 0 atom stereocenters. The first-order valence-corrected chi connectivity index (χ1v) is 8.24. The van der Waals surface area contributed by atoms with E-state index in [9.17, 15) is 14.4 Å². The van der Waals surface area contributed by atoms with E-state index in [0.717, 1.165) is 0 Å². The molecule has 0 N–H and O–H groups in total. The van der Waals surface area contributed by atoms with Crippen molar-refractivity contribution in [3.63, 3.8) is 0 Å². The van der Waals surface area contributed by atoms with E-state index in [4.69, 9.17) is 16.3 Å². The van der Waals surface area contributed by atoms with Crippen molar-refractivity contribution >= 4 is 29.1 Å². The third-order valence-corrected chi connectivity index (χ3v) is 4.51. The number of ether oxygens (including phenoxy) is 1. The highest BCUT2D eigenvalue weighted by Crippen LogP contribution is 2.37. The maximum atomic E-state index is 12.9. The minimum atomic E-state index is -0.616. The van der Waals surface area contributed by atoms with Crippen LogP contribution >= 0.6 is 11.6 Å². The molecule has 4 rings (SSSR count). The van der Waals surface area contributed by atoms with Gasteiger partial charge in [-0.15, -0.1) is 0 Å². The molecule has 0 saturated heterocycles. The number of ketones is 2. The van der Waals surface area contributed by atoms with Crippen LogP contribution in [0.2, 0.25) is 5.02 Å². The molecule has 5 heteroatoms. The molecule has 0 spiro atoms. The first kappa shape index (κ1) is 16.2. The second-order valence-corrected chi connectivity index (χ2v) is 6.16. The van der Waals surface area contributed by atoms with Crippen LogP contribution < -0.4 is 4.74 Å². The van der Waals surface area contributed by atoms with Gasteiger partial charge in [-0.25, -0.2) is 4.79 Å². The highest BCUT2D eigenvalue weighted by atomic mass is 35.5. The lowest BCUT2D eigenvalue weighted by molar-refractivity contribution is 0.0731. The van der Waals surface area contributed by atoms with Gasteiger partial charge in [0.1, 0.15) is 5.75 Å². The van der Waals surface area contributed by atoms with Gasteiger partial charge < -0.3 is 4.74 Å². The molecule has 0 heterocycles. The predicted octanol–water partition coefficient (Wildman–Crippen LogP) is 4.33. The SMILES string of the molecule is O=C(Oc1ccc(Cl)c2c1C(=O)c1ccccc1C2=O)c1ccccc1. The van der Waals surface area contributed by atoms with Crippen molar-refractivity contribution in [2.24, 2.45) is 0 Å². The Bertz CT molecular complexity index is 1070. The summed E-state index contributed by atoms with van der Waals surface area (Å²) in [7, 11) is 0. The molecule has 1 aliphatic rings. The molecular weight excluding hydrogens is 352 g/mol. The van der Waals surface area contributed by atoms with Crippen LogP contribution in [-0.2, 0) is 0 Å². The summed E-state index contributed by atoms with van der Waals surface area (Å²) in [5.41, 5.74) is 0.980. The topological polar surface area (TPSA) is 60.4 Å². The van der Waals surface area contributed by atoms with Crippen LogP contribution in [0.25, 0.3) is 0 Å². The van der Waals surface area contributed by atoms with Gasteiger partial charge in [-0.1, -0.05) is 54.1 Å². The normalized spacial score (nSPS) is 12.3. The third kappa shape index (κ3) is 2.52. The van der Waals surface area contributed by atoms with Gasteiger partial charge >= 0.3 is 5.97 Å². The minimum Gasteiger partial charge on any atom is -0.422 e. The van der Waals surface area contributed by atoms with E-state index in [1.807, 2.05) is 0 Å². The summed E-state index contributed by atoms with van der Waals surface area (Å²) in [6.45, 7) is 0. The molecule has 126 valence electrons. The molecule has 0 unspecified atom stereocenters. The zero-order valence-corrected chi connectivity index (χ0v) is 14.1. The van der Waals surface area contributed by atoms with E-state index in [1.54, 1.807) is 54.6 Å². The minimum absolute atomic E-state index is 0.0190. The number of benzene rings is 3. The van der Waals surface area contributed by atoms with Crippen molar-refractivity contribution in [1.82, 2.24) is 0 Å². The van der Waals surface area contributed by atoms with Crippen molar-refractivity contribution < 1.29 is 19.1 Å². The fourth-order valence-electron chi connectivity index (χ4n) is 2.97. The number of fused-ring (bicyclic) bond motifs is 2. The number of hydrogen-bond donors (Lipinski definition) is 0. The first-order chi connectivity index (χ1) is 12.6. The molecule has 4 nitrogen and oxygen atoms in total. The Kier molecular flexibility index (Phi) is 3.90. The van der Waals surface area contributed by atoms with E-state index in [-0.39, 0.29) is 33.2 Å². The van der Waals surface area contributed by atoms with Crippen LogP contribution in [0.3, 0.4) is 0 Å². The average Bonchev–Trinajstić information content (AvgIpc) is 2.68. The zero-order valence-electron chi connectivity index (χ0n) is 13.4. The Balaban J connectivity index is 1.84. The van der Waals surface area contributed by atoms with Crippen LogP contribution in [0, 0.1) is 0 Å². The largest absolute Gasteiger partial charge is 0.422 e. The summed E-state index contributed by atoms with van der Waals surface area (Å²) < 4.78 is 5.42. The summed E-state index contributed by atoms with van der Waals surface area (Å²) in [4.78, 5) is 38.1. The molecule has 0 bridgehead atoms. The molecule has 0 saturated carbocycles. The first-order valence-electron chi connectivity index (χ1n) is 7.86. The van der Waals surface area contributed by atoms with Gasteiger partial charge in [-0.3, -0.25) is 9.59 Å². The molecule has 0 fully saturated rings. The number of carbonyl (C=O) groups is 3. The summed E-state index contributed by atoms with van der Waals surface area (Å²) in [5, 5.41) is 0.146. The second-order valence-electron chi connectivity index (χ2n) is 5.75. The summed E-state index contributed by atoms with van der Waals surface area (Å²) in [6.07, 6.45) is 0. The Morgan fingerprint density at radius 3 is 1.96 bits per heavy atom. The number of rotatable bonds is 2. The Morgan fingerprint density at radius 1 is 0.731 bits per heavy atom.